The summed E-state index contributed by atoms with van der Waals surface area (Å²) >= 11 is 6.83. The van der Waals surface area contributed by atoms with E-state index in [1.807, 2.05) is 0 Å². The third-order valence-electron chi connectivity index (χ3n) is 3.63. The Morgan fingerprint density at radius 1 is 1.37 bits per heavy atom. The lowest BCUT2D eigenvalue weighted by atomic mass is 9.94. The van der Waals surface area contributed by atoms with Crippen LogP contribution in [0.15, 0.2) is 22.7 Å². The smallest absolute Gasteiger partial charge is 0.256 e. The summed E-state index contributed by atoms with van der Waals surface area (Å²) in [5.41, 5.74) is 0.135. The van der Waals surface area contributed by atoms with Crippen molar-refractivity contribution >= 4 is 37.8 Å². The zero-order chi connectivity index (χ0) is 14.0. The molecule has 0 saturated heterocycles. The third kappa shape index (κ3) is 3.37. The van der Waals surface area contributed by atoms with E-state index in [2.05, 4.69) is 31.9 Å². The molecular weight excluding hydrogens is 377 g/mol. The molecule has 0 aromatic heterocycles. The van der Waals surface area contributed by atoms with Gasteiger partial charge in [-0.25, -0.2) is 4.39 Å². The molecule has 104 valence electrons. The molecule has 0 heterocycles. The third-order valence-corrected chi connectivity index (χ3v) is 5.19. The first kappa shape index (κ1) is 15.0. The van der Waals surface area contributed by atoms with Gasteiger partial charge in [-0.3, -0.25) is 4.79 Å². The standard InChI is InChI=1S/C14H16Br2FNO/c1-18(13-5-3-2-4-11(13)16)14(19)10-7-6-9(15)8-12(10)17/h6-8,11,13H,2-5H2,1H3. The van der Waals surface area contributed by atoms with Crippen molar-refractivity contribution < 1.29 is 9.18 Å². The molecule has 1 saturated carbocycles. The lowest BCUT2D eigenvalue weighted by Gasteiger charge is -2.35. The van der Waals surface area contributed by atoms with E-state index >= 15 is 0 Å². The second-order valence-corrected chi connectivity index (χ2v) is 7.00. The van der Waals surface area contributed by atoms with Crippen LogP contribution in [0.1, 0.15) is 36.0 Å². The van der Waals surface area contributed by atoms with E-state index in [1.54, 1.807) is 18.0 Å². The molecular formula is C14H16Br2FNO. The van der Waals surface area contributed by atoms with Gasteiger partial charge >= 0.3 is 0 Å². The number of carbonyl (C=O) groups excluding carboxylic acids is 1. The van der Waals surface area contributed by atoms with Gasteiger partial charge in [0.05, 0.1) is 5.56 Å². The number of alkyl halides is 1. The van der Waals surface area contributed by atoms with E-state index in [4.69, 9.17) is 0 Å². The molecule has 1 aliphatic rings. The Morgan fingerprint density at radius 3 is 2.68 bits per heavy atom. The zero-order valence-electron chi connectivity index (χ0n) is 10.7. The fourth-order valence-electron chi connectivity index (χ4n) is 2.51. The van der Waals surface area contributed by atoms with Crippen LogP contribution in [0.3, 0.4) is 0 Å². The summed E-state index contributed by atoms with van der Waals surface area (Å²) in [4.78, 5) is 14.3. The normalized spacial score (nSPS) is 23.2. The van der Waals surface area contributed by atoms with Gasteiger partial charge in [-0.2, -0.15) is 0 Å². The fourth-order valence-corrected chi connectivity index (χ4v) is 3.78. The molecule has 1 amide bonds. The Hall–Kier alpha value is -0.420. The minimum atomic E-state index is -0.479. The van der Waals surface area contributed by atoms with Gasteiger partial charge in [-0.15, -0.1) is 0 Å². The highest BCUT2D eigenvalue weighted by molar-refractivity contribution is 9.10. The molecule has 1 aromatic rings. The van der Waals surface area contributed by atoms with E-state index in [-0.39, 0.29) is 17.5 Å². The van der Waals surface area contributed by atoms with Crippen molar-refractivity contribution in [2.45, 2.75) is 36.6 Å². The van der Waals surface area contributed by atoms with Crippen LogP contribution in [0.2, 0.25) is 0 Å². The summed E-state index contributed by atoms with van der Waals surface area (Å²) < 4.78 is 14.5. The molecule has 5 heteroatoms. The fraction of sp³-hybridized carbons (Fsp3) is 0.500. The maximum Gasteiger partial charge on any atom is 0.256 e. The van der Waals surface area contributed by atoms with Crippen molar-refractivity contribution in [2.75, 3.05) is 7.05 Å². The van der Waals surface area contributed by atoms with E-state index < -0.39 is 5.82 Å². The predicted octanol–water partition coefficient (Wildman–Crippen LogP) is 4.37. The van der Waals surface area contributed by atoms with Crippen molar-refractivity contribution in [3.8, 4) is 0 Å². The van der Waals surface area contributed by atoms with Crippen LogP contribution in [-0.4, -0.2) is 28.7 Å². The largest absolute Gasteiger partial charge is 0.338 e. The van der Waals surface area contributed by atoms with E-state index in [9.17, 15) is 9.18 Å². The topological polar surface area (TPSA) is 20.3 Å². The predicted molar refractivity (Wildman–Crippen MR) is 81.2 cm³/mol. The van der Waals surface area contributed by atoms with E-state index in [1.165, 1.54) is 18.6 Å². The monoisotopic (exact) mass is 391 g/mol. The van der Waals surface area contributed by atoms with E-state index in [0.717, 1.165) is 19.3 Å². The number of hydrogen-bond donors (Lipinski definition) is 0. The van der Waals surface area contributed by atoms with Crippen molar-refractivity contribution in [2.24, 2.45) is 0 Å². The van der Waals surface area contributed by atoms with Crippen LogP contribution in [0, 0.1) is 5.82 Å². The average Bonchev–Trinajstić information content (AvgIpc) is 2.38. The second kappa shape index (κ2) is 6.35. The molecule has 0 N–H and O–H groups in total. The van der Waals surface area contributed by atoms with Gasteiger partial charge in [0.15, 0.2) is 0 Å². The molecule has 19 heavy (non-hydrogen) atoms. The second-order valence-electron chi connectivity index (χ2n) is 4.91. The molecule has 0 bridgehead atoms. The van der Waals surface area contributed by atoms with Crippen LogP contribution in [0.25, 0.3) is 0 Å². The summed E-state index contributed by atoms with van der Waals surface area (Å²) in [7, 11) is 1.76. The van der Waals surface area contributed by atoms with Gasteiger partial charge in [-0.1, -0.05) is 44.7 Å². The summed E-state index contributed by atoms with van der Waals surface area (Å²) in [6, 6.07) is 4.69. The highest BCUT2D eigenvalue weighted by atomic mass is 79.9. The average molecular weight is 393 g/mol. The van der Waals surface area contributed by atoms with Crippen molar-refractivity contribution in [3.05, 3.63) is 34.1 Å². The lowest BCUT2D eigenvalue weighted by molar-refractivity contribution is 0.0700. The molecule has 2 unspecified atom stereocenters. The van der Waals surface area contributed by atoms with Crippen LogP contribution < -0.4 is 0 Å². The first-order chi connectivity index (χ1) is 9.00. The minimum absolute atomic E-state index is 0.135. The van der Waals surface area contributed by atoms with Gasteiger partial charge in [0.1, 0.15) is 5.82 Å². The molecule has 0 aliphatic heterocycles. The van der Waals surface area contributed by atoms with Crippen molar-refractivity contribution in [1.82, 2.24) is 4.90 Å². The summed E-state index contributed by atoms with van der Waals surface area (Å²) in [6.07, 6.45) is 4.33. The van der Waals surface area contributed by atoms with Crippen LogP contribution in [0.4, 0.5) is 4.39 Å². The Labute approximate surface area is 129 Å². The Bertz CT molecular complexity index is 481. The summed E-state index contributed by atoms with van der Waals surface area (Å²) in [5, 5.41) is 0. The molecule has 2 nitrogen and oxygen atoms in total. The van der Waals surface area contributed by atoms with Gasteiger partial charge in [-0.05, 0) is 31.0 Å². The summed E-state index contributed by atoms with van der Waals surface area (Å²) in [6.45, 7) is 0. The lowest BCUT2D eigenvalue weighted by Crippen LogP contribution is -2.44. The Kier molecular flexibility index (Phi) is 5.01. The first-order valence-corrected chi connectivity index (χ1v) is 8.08. The van der Waals surface area contributed by atoms with Gasteiger partial charge in [0.2, 0.25) is 0 Å². The minimum Gasteiger partial charge on any atom is -0.338 e. The van der Waals surface area contributed by atoms with Crippen LogP contribution >= 0.6 is 31.9 Å². The molecule has 2 atom stereocenters. The van der Waals surface area contributed by atoms with Gasteiger partial charge in [0, 0.05) is 22.4 Å². The Balaban J connectivity index is 2.18. The number of nitrogens with zero attached hydrogens (tertiary/aromatic N) is 1. The number of halogens is 3. The number of amides is 1. The Morgan fingerprint density at radius 2 is 2.05 bits per heavy atom. The molecule has 2 rings (SSSR count). The molecule has 1 aliphatic carbocycles. The van der Waals surface area contributed by atoms with Crippen molar-refractivity contribution in [1.29, 1.82) is 0 Å². The maximum atomic E-state index is 13.8. The summed E-state index contributed by atoms with van der Waals surface area (Å²) in [5.74, 6) is -0.727. The molecule has 1 aromatic carbocycles. The molecule has 0 spiro atoms. The van der Waals surface area contributed by atoms with Crippen LogP contribution in [0.5, 0.6) is 0 Å². The number of rotatable bonds is 2. The quantitative estimate of drug-likeness (QED) is 0.684. The van der Waals surface area contributed by atoms with Crippen molar-refractivity contribution in [3.63, 3.8) is 0 Å². The zero-order valence-corrected chi connectivity index (χ0v) is 13.9. The molecule has 0 radical (unpaired) electrons. The first-order valence-electron chi connectivity index (χ1n) is 6.37. The van der Waals surface area contributed by atoms with Crippen LogP contribution in [-0.2, 0) is 0 Å². The number of hydrogen-bond acceptors (Lipinski definition) is 1. The highest BCUT2D eigenvalue weighted by Crippen LogP contribution is 2.29. The van der Waals surface area contributed by atoms with E-state index in [0.29, 0.717) is 9.30 Å². The number of benzene rings is 1. The van der Waals surface area contributed by atoms with Gasteiger partial charge in [0.25, 0.3) is 5.91 Å². The highest BCUT2D eigenvalue weighted by Gasteiger charge is 2.30. The molecule has 1 fully saturated rings. The number of carbonyl (C=O) groups is 1. The maximum absolute atomic E-state index is 13.8. The SMILES string of the molecule is CN(C(=O)c1ccc(Br)cc1F)C1CCCCC1Br. The van der Waals surface area contributed by atoms with Gasteiger partial charge < -0.3 is 4.90 Å².